The summed E-state index contributed by atoms with van der Waals surface area (Å²) in [7, 11) is 0. The van der Waals surface area contributed by atoms with E-state index < -0.39 is 0 Å². The number of piperazine rings is 1. The Morgan fingerprint density at radius 2 is 1.78 bits per heavy atom. The van der Waals surface area contributed by atoms with E-state index >= 15 is 0 Å². The minimum Gasteiger partial charge on any atom is -0.353 e. The molecule has 0 bridgehead atoms. The van der Waals surface area contributed by atoms with Crippen molar-refractivity contribution in [3.63, 3.8) is 0 Å². The first kappa shape index (κ1) is 17.1. The van der Waals surface area contributed by atoms with Crippen molar-refractivity contribution in [2.75, 3.05) is 31.1 Å². The highest BCUT2D eigenvalue weighted by Crippen LogP contribution is 2.23. The van der Waals surface area contributed by atoms with Crippen molar-refractivity contribution >= 4 is 11.7 Å². The molecule has 1 aliphatic rings. The van der Waals surface area contributed by atoms with Crippen LogP contribution in [0.2, 0.25) is 0 Å². The number of anilines is 1. The molecule has 138 valence electrons. The first-order valence-electron chi connectivity index (χ1n) is 8.92. The summed E-state index contributed by atoms with van der Waals surface area (Å²) in [4.78, 5) is 30.1. The molecule has 8 nitrogen and oxygen atoms in total. The topological polar surface area (TPSA) is 90.9 Å². The smallest absolute Gasteiger partial charge is 0.254 e. The Labute approximate surface area is 157 Å². The molecule has 1 aliphatic heterocycles. The third-order valence-electron chi connectivity index (χ3n) is 5.00. The Morgan fingerprint density at radius 1 is 1.00 bits per heavy atom. The highest BCUT2D eigenvalue weighted by molar-refractivity contribution is 6.00. The molecule has 1 aromatic carbocycles. The first-order chi connectivity index (χ1) is 13.1. The summed E-state index contributed by atoms with van der Waals surface area (Å²) in [6, 6.07) is 7.49. The van der Waals surface area contributed by atoms with Crippen LogP contribution < -0.4 is 4.90 Å². The van der Waals surface area contributed by atoms with Gasteiger partial charge in [0.2, 0.25) is 0 Å². The van der Waals surface area contributed by atoms with E-state index in [9.17, 15) is 4.79 Å². The number of carbonyl (C=O) groups excluding carboxylic acids is 1. The average molecular weight is 363 g/mol. The molecule has 0 unspecified atom stereocenters. The number of hydrogen-bond donors (Lipinski definition) is 1. The fourth-order valence-corrected chi connectivity index (χ4v) is 3.35. The van der Waals surface area contributed by atoms with Crippen LogP contribution in [0.3, 0.4) is 0 Å². The van der Waals surface area contributed by atoms with Crippen molar-refractivity contribution in [3.8, 4) is 11.4 Å². The van der Waals surface area contributed by atoms with Crippen molar-refractivity contribution in [1.29, 1.82) is 0 Å². The Bertz CT molecular complexity index is 946. The standard InChI is InChI=1S/C19H21N7O/c1-13-14(2)20-11-22-18(13)25-7-9-26(10-8-25)19(27)16-6-4-3-5-15(16)17-21-12-23-24-17/h3-6,11-12H,7-10H2,1-2H3,(H,21,23,24). The van der Waals surface area contributed by atoms with E-state index in [1.807, 2.05) is 43.0 Å². The maximum Gasteiger partial charge on any atom is 0.254 e. The lowest BCUT2D eigenvalue weighted by Gasteiger charge is -2.36. The number of rotatable bonds is 3. The molecule has 3 aromatic rings. The molecule has 0 atom stereocenters. The lowest BCUT2D eigenvalue weighted by Crippen LogP contribution is -2.49. The molecular formula is C19H21N7O. The van der Waals surface area contributed by atoms with Crippen molar-refractivity contribution in [3.05, 3.63) is 53.7 Å². The predicted molar refractivity (Wildman–Crippen MR) is 101 cm³/mol. The minimum atomic E-state index is 0.0113. The fraction of sp³-hybridized carbons (Fsp3) is 0.316. The SMILES string of the molecule is Cc1ncnc(N2CCN(C(=O)c3ccccc3-c3ncn[nH]3)CC2)c1C. The molecule has 1 saturated heterocycles. The van der Waals surface area contributed by atoms with E-state index in [1.54, 1.807) is 6.33 Å². The van der Waals surface area contributed by atoms with Crippen molar-refractivity contribution in [2.24, 2.45) is 0 Å². The van der Waals surface area contributed by atoms with Gasteiger partial charge in [-0.15, -0.1) is 0 Å². The number of aryl methyl sites for hydroxylation is 1. The van der Waals surface area contributed by atoms with Crippen LogP contribution in [0.1, 0.15) is 21.6 Å². The first-order valence-corrected chi connectivity index (χ1v) is 8.92. The Balaban J connectivity index is 1.51. The van der Waals surface area contributed by atoms with Gasteiger partial charge in [-0.1, -0.05) is 18.2 Å². The number of nitrogens with one attached hydrogen (secondary N) is 1. The van der Waals surface area contributed by atoms with Crippen LogP contribution in [-0.4, -0.2) is 62.1 Å². The highest BCUT2D eigenvalue weighted by atomic mass is 16.2. The van der Waals surface area contributed by atoms with E-state index in [-0.39, 0.29) is 5.91 Å². The molecule has 1 N–H and O–H groups in total. The second-order valence-corrected chi connectivity index (χ2v) is 6.57. The molecule has 1 amide bonds. The molecule has 8 heteroatoms. The van der Waals surface area contributed by atoms with E-state index in [0.29, 0.717) is 24.5 Å². The van der Waals surface area contributed by atoms with Gasteiger partial charge in [-0.05, 0) is 19.9 Å². The monoisotopic (exact) mass is 363 g/mol. The van der Waals surface area contributed by atoms with Gasteiger partial charge >= 0.3 is 0 Å². The molecule has 3 heterocycles. The molecule has 4 rings (SSSR count). The van der Waals surface area contributed by atoms with Crippen LogP contribution in [-0.2, 0) is 0 Å². The quantitative estimate of drug-likeness (QED) is 0.764. The summed E-state index contributed by atoms with van der Waals surface area (Å²) < 4.78 is 0. The van der Waals surface area contributed by atoms with Crippen LogP contribution in [0.4, 0.5) is 5.82 Å². The van der Waals surface area contributed by atoms with Gasteiger partial charge in [0, 0.05) is 43.0 Å². The van der Waals surface area contributed by atoms with Gasteiger partial charge in [0.15, 0.2) is 5.82 Å². The third-order valence-corrected chi connectivity index (χ3v) is 5.00. The minimum absolute atomic E-state index is 0.0113. The number of aromatic nitrogens is 5. The number of carbonyl (C=O) groups is 1. The van der Waals surface area contributed by atoms with Crippen LogP contribution in [0.5, 0.6) is 0 Å². The van der Waals surface area contributed by atoms with E-state index in [1.165, 1.54) is 6.33 Å². The van der Waals surface area contributed by atoms with Crippen LogP contribution in [0.25, 0.3) is 11.4 Å². The second-order valence-electron chi connectivity index (χ2n) is 6.57. The second kappa shape index (κ2) is 7.14. The molecule has 0 spiro atoms. The van der Waals surface area contributed by atoms with Gasteiger partial charge in [-0.3, -0.25) is 9.89 Å². The molecule has 27 heavy (non-hydrogen) atoms. The summed E-state index contributed by atoms with van der Waals surface area (Å²) in [5.41, 5.74) is 3.48. The predicted octanol–water partition coefficient (Wildman–Crippen LogP) is 1.84. The summed E-state index contributed by atoms with van der Waals surface area (Å²) in [5, 5.41) is 6.73. The molecule has 0 aliphatic carbocycles. The maximum atomic E-state index is 13.1. The van der Waals surface area contributed by atoms with Gasteiger partial charge in [-0.2, -0.15) is 5.10 Å². The molecule has 1 fully saturated rings. The summed E-state index contributed by atoms with van der Waals surface area (Å²) in [6.45, 7) is 6.80. The van der Waals surface area contributed by atoms with Gasteiger partial charge in [-0.25, -0.2) is 15.0 Å². The zero-order valence-corrected chi connectivity index (χ0v) is 15.4. The van der Waals surface area contributed by atoms with E-state index in [0.717, 1.165) is 35.7 Å². The normalized spacial score (nSPS) is 14.4. The number of nitrogens with zero attached hydrogens (tertiary/aromatic N) is 6. The van der Waals surface area contributed by atoms with Crippen LogP contribution >= 0.6 is 0 Å². The van der Waals surface area contributed by atoms with Gasteiger partial charge in [0.1, 0.15) is 18.5 Å². The summed E-state index contributed by atoms with van der Waals surface area (Å²) in [6.07, 6.45) is 3.05. The molecule has 2 aromatic heterocycles. The van der Waals surface area contributed by atoms with Crippen molar-refractivity contribution in [2.45, 2.75) is 13.8 Å². The summed E-state index contributed by atoms with van der Waals surface area (Å²) in [5.74, 6) is 1.57. The molecule has 0 radical (unpaired) electrons. The fourth-order valence-electron chi connectivity index (χ4n) is 3.35. The van der Waals surface area contributed by atoms with Crippen LogP contribution in [0, 0.1) is 13.8 Å². The van der Waals surface area contributed by atoms with Gasteiger partial charge in [0.05, 0.1) is 5.56 Å². The van der Waals surface area contributed by atoms with Gasteiger partial charge < -0.3 is 9.80 Å². The Kier molecular flexibility index (Phi) is 4.53. The van der Waals surface area contributed by atoms with Gasteiger partial charge in [0.25, 0.3) is 5.91 Å². The zero-order chi connectivity index (χ0) is 18.8. The molecule has 0 saturated carbocycles. The van der Waals surface area contributed by atoms with Crippen molar-refractivity contribution in [1.82, 2.24) is 30.0 Å². The number of amides is 1. The lowest BCUT2D eigenvalue weighted by atomic mass is 10.1. The maximum absolute atomic E-state index is 13.1. The van der Waals surface area contributed by atoms with Crippen LogP contribution in [0.15, 0.2) is 36.9 Å². The van der Waals surface area contributed by atoms with E-state index in [4.69, 9.17) is 0 Å². The Morgan fingerprint density at radius 3 is 2.52 bits per heavy atom. The largest absolute Gasteiger partial charge is 0.353 e. The third kappa shape index (κ3) is 3.25. The number of hydrogen-bond acceptors (Lipinski definition) is 6. The zero-order valence-electron chi connectivity index (χ0n) is 15.4. The number of H-pyrrole nitrogens is 1. The average Bonchev–Trinajstić information content (AvgIpc) is 3.24. The highest BCUT2D eigenvalue weighted by Gasteiger charge is 2.26. The summed E-state index contributed by atoms with van der Waals surface area (Å²) >= 11 is 0. The van der Waals surface area contributed by atoms with Crippen molar-refractivity contribution < 1.29 is 4.79 Å². The van der Waals surface area contributed by atoms with E-state index in [2.05, 4.69) is 30.0 Å². The lowest BCUT2D eigenvalue weighted by molar-refractivity contribution is 0.0747. The number of benzene rings is 1. The Hall–Kier alpha value is -3.29. The molecular weight excluding hydrogens is 342 g/mol. The number of aromatic amines is 1.